The maximum absolute atomic E-state index is 13.0. The molecule has 0 aliphatic carbocycles. The summed E-state index contributed by atoms with van der Waals surface area (Å²) in [4.78, 5) is 27.1. The zero-order valence-corrected chi connectivity index (χ0v) is 19.8. The highest BCUT2D eigenvalue weighted by Crippen LogP contribution is 2.24. The second-order valence-corrected chi connectivity index (χ2v) is 8.56. The number of carbonyl (C=O) groups excluding carboxylic acids is 2. The van der Waals surface area contributed by atoms with Gasteiger partial charge < -0.3 is 10.2 Å². The molecular weight excluding hydrogens is 422 g/mol. The predicted octanol–water partition coefficient (Wildman–Crippen LogP) is 4.16. The zero-order valence-electron chi connectivity index (χ0n) is 19.0. The fourth-order valence-electron chi connectivity index (χ4n) is 3.38. The summed E-state index contributed by atoms with van der Waals surface area (Å²) in [6.07, 6.45) is 0.770. The second-order valence-electron chi connectivity index (χ2n) is 7.62. The van der Waals surface area contributed by atoms with Crippen molar-refractivity contribution < 1.29 is 9.59 Å². The molecule has 8 heteroatoms. The lowest BCUT2D eigenvalue weighted by atomic mass is 10.2. The number of rotatable bonds is 9. The van der Waals surface area contributed by atoms with Crippen LogP contribution < -0.4 is 5.32 Å². The number of anilines is 1. The quantitative estimate of drug-likeness (QED) is 0.494. The molecule has 32 heavy (non-hydrogen) atoms. The molecular formula is C24H29N5O2S. The molecule has 1 aromatic heterocycles. The first kappa shape index (κ1) is 23.5. The average molecular weight is 452 g/mol. The fourth-order valence-corrected chi connectivity index (χ4v) is 4.28. The molecule has 0 saturated carbocycles. The Hall–Kier alpha value is -3.13. The summed E-state index contributed by atoms with van der Waals surface area (Å²) in [5.41, 5.74) is 3.84. The fraction of sp³-hybridized carbons (Fsp3) is 0.333. The molecule has 168 valence electrons. The molecule has 0 aliphatic rings. The van der Waals surface area contributed by atoms with Gasteiger partial charge in [-0.05, 0) is 50.5 Å². The van der Waals surface area contributed by atoms with E-state index >= 15 is 0 Å². The van der Waals surface area contributed by atoms with E-state index in [1.54, 1.807) is 4.90 Å². The Balaban J connectivity index is 1.67. The Morgan fingerprint density at radius 2 is 1.69 bits per heavy atom. The van der Waals surface area contributed by atoms with Crippen LogP contribution in [-0.4, -0.2) is 50.3 Å². The van der Waals surface area contributed by atoms with Crippen molar-refractivity contribution in [2.45, 2.75) is 39.3 Å². The highest BCUT2D eigenvalue weighted by molar-refractivity contribution is 7.99. The number of hydrogen-bond donors (Lipinski definition) is 1. The molecule has 0 radical (unpaired) electrons. The minimum Gasteiger partial charge on any atom is -0.333 e. The van der Waals surface area contributed by atoms with Crippen LogP contribution in [0.5, 0.6) is 0 Å². The Bertz CT molecular complexity index is 1100. The maximum Gasteiger partial charge on any atom is 0.244 e. The number of aromatic nitrogens is 3. The van der Waals surface area contributed by atoms with E-state index in [9.17, 15) is 9.59 Å². The van der Waals surface area contributed by atoms with Crippen LogP contribution in [0, 0.1) is 20.8 Å². The molecule has 0 unspecified atom stereocenters. The minimum absolute atomic E-state index is 0.0189. The molecule has 0 spiro atoms. The van der Waals surface area contributed by atoms with Crippen molar-refractivity contribution in [1.29, 1.82) is 0 Å². The van der Waals surface area contributed by atoms with E-state index in [0.717, 1.165) is 34.7 Å². The Morgan fingerprint density at radius 1 is 1.00 bits per heavy atom. The minimum atomic E-state index is -0.204. The number of nitrogens with one attached hydrogen (secondary N) is 1. The standard InChI is InChI=1S/C24H29N5O2S/c1-5-14-28(15-22(30)25-20-12-8-6-10-17(20)2)23(31)16-32-24-27-26-19(4)29(24)21-13-9-7-11-18(21)3/h6-13H,5,14-16H2,1-4H3,(H,25,30). The summed E-state index contributed by atoms with van der Waals surface area (Å²) < 4.78 is 1.96. The van der Waals surface area contributed by atoms with Gasteiger partial charge in [-0.2, -0.15) is 0 Å². The van der Waals surface area contributed by atoms with Crippen LogP contribution in [0.1, 0.15) is 30.3 Å². The van der Waals surface area contributed by atoms with Gasteiger partial charge in [0.2, 0.25) is 11.8 Å². The van der Waals surface area contributed by atoms with Crippen LogP contribution in [0.3, 0.4) is 0 Å². The molecule has 0 aliphatic heterocycles. The van der Waals surface area contributed by atoms with Crippen molar-refractivity contribution >= 4 is 29.3 Å². The van der Waals surface area contributed by atoms with Gasteiger partial charge >= 0.3 is 0 Å². The predicted molar refractivity (Wildman–Crippen MR) is 128 cm³/mol. The van der Waals surface area contributed by atoms with Gasteiger partial charge in [0, 0.05) is 12.2 Å². The number of nitrogens with zero attached hydrogens (tertiary/aromatic N) is 4. The maximum atomic E-state index is 13.0. The van der Waals surface area contributed by atoms with Gasteiger partial charge in [0.05, 0.1) is 18.0 Å². The van der Waals surface area contributed by atoms with Crippen molar-refractivity contribution in [2.75, 3.05) is 24.2 Å². The van der Waals surface area contributed by atoms with Crippen molar-refractivity contribution in [3.05, 3.63) is 65.5 Å². The van der Waals surface area contributed by atoms with Gasteiger partial charge in [0.25, 0.3) is 0 Å². The molecule has 2 aromatic carbocycles. The van der Waals surface area contributed by atoms with Gasteiger partial charge in [0.1, 0.15) is 5.82 Å². The molecule has 0 bridgehead atoms. The van der Waals surface area contributed by atoms with Gasteiger partial charge in [0.15, 0.2) is 5.16 Å². The van der Waals surface area contributed by atoms with Crippen LogP contribution in [0.15, 0.2) is 53.7 Å². The Morgan fingerprint density at radius 3 is 2.38 bits per heavy atom. The number of aryl methyl sites for hydroxylation is 3. The monoisotopic (exact) mass is 451 g/mol. The Kier molecular flexibility index (Phi) is 8.05. The molecule has 7 nitrogen and oxygen atoms in total. The first-order chi connectivity index (χ1) is 15.4. The van der Waals surface area contributed by atoms with Gasteiger partial charge in [-0.1, -0.05) is 55.1 Å². The van der Waals surface area contributed by atoms with Gasteiger partial charge in [-0.25, -0.2) is 0 Å². The van der Waals surface area contributed by atoms with Crippen molar-refractivity contribution in [3.8, 4) is 5.69 Å². The molecule has 3 rings (SSSR count). The van der Waals surface area contributed by atoms with Crippen LogP contribution >= 0.6 is 11.8 Å². The average Bonchev–Trinajstić information content (AvgIpc) is 3.14. The number of para-hydroxylation sites is 2. The van der Waals surface area contributed by atoms with E-state index in [2.05, 4.69) is 15.5 Å². The number of thioether (sulfide) groups is 1. The number of carbonyl (C=O) groups is 2. The molecule has 3 aromatic rings. The van der Waals surface area contributed by atoms with Gasteiger partial charge in [-0.3, -0.25) is 14.2 Å². The lowest BCUT2D eigenvalue weighted by Gasteiger charge is -2.22. The van der Waals surface area contributed by atoms with Crippen LogP contribution in [0.2, 0.25) is 0 Å². The summed E-state index contributed by atoms with van der Waals surface area (Å²) in [6.45, 7) is 8.39. The smallest absolute Gasteiger partial charge is 0.244 e. The largest absolute Gasteiger partial charge is 0.333 e. The second kappa shape index (κ2) is 10.9. The summed E-state index contributed by atoms with van der Waals surface area (Å²) in [7, 11) is 0. The van der Waals surface area contributed by atoms with E-state index in [0.29, 0.717) is 11.7 Å². The first-order valence-electron chi connectivity index (χ1n) is 10.6. The van der Waals surface area contributed by atoms with Crippen LogP contribution in [0.4, 0.5) is 5.69 Å². The molecule has 2 amide bonds. The highest BCUT2D eigenvalue weighted by Gasteiger charge is 2.20. The molecule has 1 heterocycles. The third-order valence-corrected chi connectivity index (χ3v) is 5.99. The summed E-state index contributed by atoms with van der Waals surface area (Å²) in [6, 6.07) is 15.6. The third kappa shape index (κ3) is 5.76. The lowest BCUT2D eigenvalue weighted by Crippen LogP contribution is -2.39. The topological polar surface area (TPSA) is 80.1 Å². The SMILES string of the molecule is CCCN(CC(=O)Nc1ccccc1C)C(=O)CSc1nnc(C)n1-c1ccccc1C. The number of hydrogen-bond acceptors (Lipinski definition) is 5. The van der Waals surface area contributed by atoms with Crippen LogP contribution in [0.25, 0.3) is 5.69 Å². The molecule has 0 saturated heterocycles. The van der Waals surface area contributed by atoms with E-state index in [-0.39, 0.29) is 24.1 Å². The molecule has 1 N–H and O–H groups in total. The zero-order chi connectivity index (χ0) is 23.1. The Labute approximate surface area is 193 Å². The third-order valence-electron chi connectivity index (χ3n) is 5.08. The highest BCUT2D eigenvalue weighted by atomic mass is 32.2. The molecule has 0 fully saturated rings. The van der Waals surface area contributed by atoms with Crippen LogP contribution in [-0.2, 0) is 9.59 Å². The summed E-state index contributed by atoms with van der Waals surface area (Å²) >= 11 is 1.33. The van der Waals surface area contributed by atoms with E-state index in [1.165, 1.54) is 11.8 Å². The summed E-state index contributed by atoms with van der Waals surface area (Å²) in [5, 5.41) is 12.0. The van der Waals surface area contributed by atoms with Crippen molar-refractivity contribution in [1.82, 2.24) is 19.7 Å². The summed E-state index contributed by atoms with van der Waals surface area (Å²) in [5.74, 6) is 0.637. The van der Waals surface area contributed by atoms with E-state index < -0.39 is 0 Å². The molecule has 0 atom stereocenters. The van der Waals surface area contributed by atoms with E-state index in [1.807, 2.05) is 80.8 Å². The van der Waals surface area contributed by atoms with Crippen molar-refractivity contribution in [2.24, 2.45) is 0 Å². The number of amides is 2. The lowest BCUT2D eigenvalue weighted by molar-refractivity contribution is -0.132. The van der Waals surface area contributed by atoms with Crippen molar-refractivity contribution in [3.63, 3.8) is 0 Å². The normalized spacial score (nSPS) is 10.8. The van der Waals surface area contributed by atoms with Gasteiger partial charge in [-0.15, -0.1) is 10.2 Å². The first-order valence-corrected chi connectivity index (χ1v) is 11.6. The van der Waals surface area contributed by atoms with E-state index in [4.69, 9.17) is 0 Å². The number of benzene rings is 2.